The number of fused-ring (bicyclic) bond motifs is 1. The molecule has 0 bridgehead atoms. The van der Waals surface area contributed by atoms with Gasteiger partial charge >= 0.3 is 0 Å². The van der Waals surface area contributed by atoms with Gasteiger partial charge < -0.3 is 14.8 Å². The van der Waals surface area contributed by atoms with E-state index in [1.54, 1.807) is 0 Å². The lowest BCUT2D eigenvalue weighted by atomic mass is 9.99. The highest BCUT2D eigenvalue weighted by Gasteiger charge is 2.41. The predicted octanol–water partition coefficient (Wildman–Crippen LogP) is 1.71. The first-order chi connectivity index (χ1) is 8.85. The normalized spacial score (nSPS) is 32.4. The molecule has 5 nitrogen and oxygen atoms in total. The summed E-state index contributed by atoms with van der Waals surface area (Å²) in [5.41, 5.74) is 0. The summed E-state index contributed by atoms with van der Waals surface area (Å²) in [6.07, 6.45) is 4.69. The Hall–Kier alpha value is -0.520. The Balaban J connectivity index is 1.67. The number of rotatable bonds is 8. The van der Waals surface area contributed by atoms with Crippen molar-refractivity contribution in [2.45, 2.75) is 50.9 Å². The molecule has 2 aliphatic heterocycles. The van der Waals surface area contributed by atoms with Crippen molar-refractivity contribution >= 4 is 0 Å². The zero-order valence-corrected chi connectivity index (χ0v) is 11.1. The minimum Gasteiger partial charge on any atom is -0.374 e. The first kappa shape index (κ1) is 13.9. The maximum Gasteiger partial charge on any atom is 0.101 e. The van der Waals surface area contributed by atoms with Gasteiger partial charge in [-0.2, -0.15) is 4.91 Å². The molecule has 2 heterocycles. The van der Waals surface area contributed by atoms with Crippen LogP contribution in [0, 0.1) is 10.8 Å². The molecule has 0 radical (unpaired) electrons. The van der Waals surface area contributed by atoms with Crippen molar-refractivity contribution in [1.82, 2.24) is 5.32 Å². The second-order valence-electron chi connectivity index (χ2n) is 5.28. The Kier molecular flexibility index (Phi) is 5.53. The fraction of sp³-hybridized carbons (Fsp3) is 1.00. The minimum absolute atomic E-state index is 0.249. The third kappa shape index (κ3) is 3.49. The van der Waals surface area contributed by atoms with Crippen molar-refractivity contribution in [2.75, 3.05) is 26.3 Å². The number of hydrogen-bond acceptors (Lipinski definition) is 5. The Bertz CT molecular complexity index is 263. The lowest BCUT2D eigenvalue weighted by Gasteiger charge is -2.21. The molecule has 2 saturated heterocycles. The molecule has 5 heteroatoms. The van der Waals surface area contributed by atoms with E-state index < -0.39 is 0 Å². The largest absolute Gasteiger partial charge is 0.374 e. The maximum atomic E-state index is 10.1. The van der Waals surface area contributed by atoms with Gasteiger partial charge in [0.1, 0.15) is 6.10 Å². The number of hydrogen-bond donors (Lipinski definition) is 1. The molecule has 0 aromatic carbocycles. The summed E-state index contributed by atoms with van der Waals surface area (Å²) in [7, 11) is 0. The third-order valence-electron chi connectivity index (χ3n) is 4.07. The molecule has 2 fully saturated rings. The van der Waals surface area contributed by atoms with Crippen molar-refractivity contribution in [1.29, 1.82) is 0 Å². The van der Waals surface area contributed by atoms with Crippen molar-refractivity contribution in [3.63, 3.8) is 0 Å². The van der Waals surface area contributed by atoms with Crippen molar-refractivity contribution in [2.24, 2.45) is 11.1 Å². The predicted molar refractivity (Wildman–Crippen MR) is 69.6 cm³/mol. The Morgan fingerprint density at radius 3 is 3.11 bits per heavy atom. The van der Waals surface area contributed by atoms with Crippen LogP contribution in [0.25, 0.3) is 0 Å². The van der Waals surface area contributed by atoms with E-state index in [2.05, 4.69) is 17.4 Å². The summed E-state index contributed by atoms with van der Waals surface area (Å²) in [5.74, 6) is 0.618. The molecule has 18 heavy (non-hydrogen) atoms. The minimum atomic E-state index is 0.249. The quantitative estimate of drug-likeness (QED) is 0.530. The van der Waals surface area contributed by atoms with Gasteiger partial charge in [-0.05, 0) is 31.7 Å². The second kappa shape index (κ2) is 7.16. The van der Waals surface area contributed by atoms with Crippen molar-refractivity contribution in [3.8, 4) is 0 Å². The molecule has 2 rings (SSSR count). The van der Waals surface area contributed by atoms with Crippen LogP contribution in [0.2, 0.25) is 0 Å². The Labute approximate surface area is 109 Å². The van der Waals surface area contributed by atoms with E-state index in [4.69, 9.17) is 9.47 Å². The van der Waals surface area contributed by atoms with Crippen LogP contribution in [0.15, 0.2) is 5.18 Å². The van der Waals surface area contributed by atoms with E-state index in [9.17, 15) is 4.91 Å². The van der Waals surface area contributed by atoms with Gasteiger partial charge in [-0.15, -0.1) is 0 Å². The first-order valence-electron chi connectivity index (χ1n) is 7.10. The molecular formula is C13H24N2O3. The van der Waals surface area contributed by atoms with Gasteiger partial charge in [0.05, 0.1) is 25.3 Å². The van der Waals surface area contributed by atoms with Crippen LogP contribution in [0.1, 0.15) is 32.6 Å². The average molecular weight is 256 g/mol. The van der Waals surface area contributed by atoms with Crippen LogP contribution >= 0.6 is 0 Å². The van der Waals surface area contributed by atoms with Gasteiger partial charge in [-0.25, -0.2) is 0 Å². The highest BCUT2D eigenvalue weighted by molar-refractivity contribution is 4.93. The molecule has 0 aromatic heterocycles. The summed E-state index contributed by atoms with van der Waals surface area (Å²) >= 11 is 0. The SMILES string of the molecule is CCC(CCCN=O)CN[C@@H]1CO[C@@H]2CCO[C@H]12. The molecule has 0 aromatic rings. The first-order valence-corrected chi connectivity index (χ1v) is 7.10. The van der Waals surface area contributed by atoms with Crippen LogP contribution in [-0.2, 0) is 9.47 Å². The molecule has 0 saturated carbocycles. The van der Waals surface area contributed by atoms with Gasteiger partial charge in [0.15, 0.2) is 0 Å². The van der Waals surface area contributed by atoms with E-state index in [0.717, 1.165) is 45.4 Å². The summed E-state index contributed by atoms with van der Waals surface area (Å²) in [6.45, 7) is 5.21. The smallest absolute Gasteiger partial charge is 0.101 e. The van der Waals surface area contributed by atoms with E-state index in [0.29, 0.717) is 24.6 Å². The summed E-state index contributed by atoms with van der Waals surface area (Å²) in [6, 6.07) is 0.343. The average Bonchev–Trinajstić information content (AvgIpc) is 2.97. The van der Waals surface area contributed by atoms with Crippen LogP contribution in [0.5, 0.6) is 0 Å². The molecule has 0 aliphatic carbocycles. The molecule has 0 spiro atoms. The Morgan fingerprint density at radius 1 is 1.44 bits per heavy atom. The fourth-order valence-electron chi connectivity index (χ4n) is 2.86. The van der Waals surface area contributed by atoms with E-state index in [1.165, 1.54) is 0 Å². The van der Waals surface area contributed by atoms with Gasteiger partial charge in [0, 0.05) is 6.61 Å². The lowest BCUT2D eigenvalue weighted by Crippen LogP contribution is -2.42. The van der Waals surface area contributed by atoms with Gasteiger partial charge in [0.2, 0.25) is 0 Å². The highest BCUT2D eigenvalue weighted by atomic mass is 16.6. The molecule has 1 N–H and O–H groups in total. The Morgan fingerprint density at radius 2 is 2.33 bits per heavy atom. The topological polar surface area (TPSA) is 59.9 Å². The van der Waals surface area contributed by atoms with Crippen LogP contribution < -0.4 is 5.32 Å². The fourth-order valence-corrected chi connectivity index (χ4v) is 2.86. The highest BCUT2D eigenvalue weighted by Crippen LogP contribution is 2.26. The third-order valence-corrected chi connectivity index (χ3v) is 4.07. The van der Waals surface area contributed by atoms with Crippen LogP contribution in [-0.4, -0.2) is 44.6 Å². The number of nitrogens with zero attached hydrogens (tertiary/aromatic N) is 1. The standard InChI is InChI=1S/C13H24N2O3/c1-2-10(4-3-6-15-16)8-14-11-9-18-12-5-7-17-13(11)12/h10-14H,2-9H2,1H3/t10?,11-,12-,13-/m1/s1. The van der Waals surface area contributed by atoms with E-state index >= 15 is 0 Å². The second-order valence-corrected chi connectivity index (χ2v) is 5.28. The van der Waals surface area contributed by atoms with Gasteiger partial charge in [-0.3, -0.25) is 0 Å². The lowest BCUT2D eigenvalue weighted by molar-refractivity contribution is 0.0679. The molecule has 1 unspecified atom stereocenters. The van der Waals surface area contributed by atoms with Gasteiger partial charge in [-0.1, -0.05) is 18.5 Å². The monoisotopic (exact) mass is 256 g/mol. The summed E-state index contributed by atoms with van der Waals surface area (Å²) in [5, 5.41) is 6.48. The van der Waals surface area contributed by atoms with Crippen LogP contribution in [0.3, 0.4) is 0 Å². The van der Waals surface area contributed by atoms with E-state index in [1.807, 2.05) is 0 Å². The molecule has 104 valence electrons. The summed E-state index contributed by atoms with van der Waals surface area (Å²) in [4.78, 5) is 10.1. The number of nitroso groups, excluding NO2 is 1. The molecular weight excluding hydrogens is 232 g/mol. The zero-order valence-electron chi connectivity index (χ0n) is 11.1. The number of ether oxygens (including phenoxy) is 2. The van der Waals surface area contributed by atoms with Crippen molar-refractivity contribution < 1.29 is 9.47 Å². The molecule has 0 amide bonds. The molecule has 4 atom stereocenters. The maximum absolute atomic E-state index is 10.1. The molecule has 2 aliphatic rings. The van der Waals surface area contributed by atoms with E-state index in [-0.39, 0.29) is 6.10 Å². The zero-order chi connectivity index (χ0) is 12.8. The number of nitrogens with one attached hydrogen (secondary N) is 1. The van der Waals surface area contributed by atoms with Crippen LogP contribution in [0.4, 0.5) is 0 Å². The summed E-state index contributed by atoms with van der Waals surface area (Å²) < 4.78 is 11.4. The van der Waals surface area contributed by atoms with Gasteiger partial charge in [0.25, 0.3) is 0 Å². The van der Waals surface area contributed by atoms with Crippen molar-refractivity contribution in [3.05, 3.63) is 4.91 Å².